The molecule has 0 spiro atoms. The van der Waals surface area contributed by atoms with E-state index in [2.05, 4.69) is 57.9 Å². The van der Waals surface area contributed by atoms with Crippen molar-refractivity contribution in [2.75, 3.05) is 0 Å². The molecule has 4 heteroatoms. The number of nitrogens with one attached hydrogen (secondary N) is 1. The summed E-state index contributed by atoms with van der Waals surface area (Å²) >= 11 is 6.77. The molecule has 1 N–H and O–H groups in total. The van der Waals surface area contributed by atoms with Gasteiger partial charge in [0, 0.05) is 15.0 Å². The summed E-state index contributed by atoms with van der Waals surface area (Å²) in [5.41, 5.74) is 0.665. The molecular formula is C13H17Br2NO. The third-order valence-corrected chi connectivity index (χ3v) is 3.92. The van der Waals surface area contributed by atoms with Crippen LogP contribution in [0.15, 0.2) is 27.1 Å². The Kier molecular flexibility index (Phi) is 5.67. The van der Waals surface area contributed by atoms with Crippen molar-refractivity contribution in [1.82, 2.24) is 5.32 Å². The van der Waals surface area contributed by atoms with E-state index in [1.54, 1.807) is 0 Å². The molecule has 1 aromatic rings. The normalized spacial score (nSPS) is 12.6. The van der Waals surface area contributed by atoms with Crippen molar-refractivity contribution in [3.05, 3.63) is 32.7 Å². The van der Waals surface area contributed by atoms with Crippen molar-refractivity contribution >= 4 is 37.8 Å². The van der Waals surface area contributed by atoms with E-state index in [1.807, 2.05) is 18.2 Å². The van der Waals surface area contributed by atoms with Crippen molar-refractivity contribution in [2.45, 2.75) is 33.2 Å². The van der Waals surface area contributed by atoms with Crippen LogP contribution in [-0.2, 0) is 0 Å². The molecule has 0 saturated carbocycles. The fraction of sp³-hybridized carbons (Fsp3) is 0.462. The highest BCUT2D eigenvalue weighted by atomic mass is 79.9. The van der Waals surface area contributed by atoms with E-state index >= 15 is 0 Å². The Morgan fingerprint density at radius 2 is 2.00 bits per heavy atom. The van der Waals surface area contributed by atoms with Crippen LogP contribution < -0.4 is 5.32 Å². The number of benzene rings is 1. The van der Waals surface area contributed by atoms with Gasteiger partial charge in [0.15, 0.2) is 0 Å². The molecule has 1 atom stereocenters. The molecular weight excluding hydrogens is 346 g/mol. The standard InChI is InChI=1S/C13H17Br2NO/c1-4-12(8(2)3)16-13(17)10-7-9(14)5-6-11(10)15/h5-8,12H,4H2,1-3H3,(H,16,17). The molecule has 0 fully saturated rings. The third-order valence-electron chi connectivity index (χ3n) is 2.73. The van der Waals surface area contributed by atoms with Gasteiger partial charge in [-0.15, -0.1) is 0 Å². The highest BCUT2D eigenvalue weighted by Crippen LogP contribution is 2.22. The second-order valence-corrected chi connectivity index (χ2v) is 6.13. The molecule has 0 heterocycles. The first-order chi connectivity index (χ1) is 7.95. The van der Waals surface area contributed by atoms with Gasteiger partial charge in [0.25, 0.3) is 5.91 Å². The minimum Gasteiger partial charge on any atom is -0.349 e. The van der Waals surface area contributed by atoms with Gasteiger partial charge in [-0.3, -0.25) is 4.79 Å². The predicted octanol–water partition coefficient (Wildman–Crippen LogP) is 4.38. The van der Waals surface area contributed by atoms with Crippen molar-refractivity contribution in [3.8, 4) is 0 Å². The molecule has 0 saturated heterocycles. The fourth-order valence-electron chi connectivity index (χ4n) is 1.66. The summed E-state index contributed by atoms with van der Waals surface area (Å²) < 4.78 is 1.72. The van der Waals surface area contributed by atoms with Crippen molar-refractivity contribution < 1.29 is 4.79 Å². The Morgan fingerprint density at radius 1 is 1.35 bits per heavy atom. The molecule has 1 amide bonds. The lowest BCUT2D eigenvalue weighted by atomic mass is 10.0. The van der Waals surface area contributed by atoms with Crippen LogP contribution in [0.4, 0.5) is 0 Å². The van der Waals surface area contributed by atoms with Gasteiger partial charge in [-0.1, -0.05) is 36.7 Å². The molecule has 17 heavy (non-hydrogen) atoms. The van der Waals surface area contributed by atoms with Crippen molar-refractivity contribution in [3.63, 3.8) is 0 Å². The van der Waals surface area contributed by atoms with Gasteiger partial charge in [0.2, 0.25) is 0 Å². The van der Waals surface area contributed by atoms with E-state index < -0.39 is 0 Å². The second-order valence-electron chi connectivity index (χ2n) is 4.36. The van der Waals surface area contributed by atoms with Gasteiger partial charge in [0.05, 0.1) is 5.56 Å². The predicted molar refractivity (Wildman–Crippen MR) is 78.2 cm³/mol. The van der Waals surface area contributed by atoms with Crippen LogP contribution in [0, 0.1) is 5.92 Å². The van der Waals surface area contributed by atoms with Crippen LogP contribution in [0.3, 0.4) is 0 Å². The largest absolute Gasteiger partial charge is 0.349 e. The van der Waals surface area contributed by atoms with E-state index in [1.165, 1.54) is 0 Å². The maximum Gasteiger partial charge on any atom is 0.252 e. The Balaban J connectivity index is 2.86. The molecule has 1 unspecified atom stereocenters. The van der Waals surface area contributed by atoms with E-state index in [9.17, 15) is 4.79 Å². The van der Waals surface area contributed by atoms with E-state index in [-0.39, 0.29) is 11.9 Å². The van der Waals surface area contributed by atoms with Gasteiger partial charge in [-0.2, -0.15) is 0 Å². The Bertz CT molecular complexity index is 404. The van der Waals surface area contributed by atoms with Gasteiger partial charge < -0.3 is 5.32 Å². The molecule has 0 aliphatic rings. The maximum atomic E-state index is 12.1. The number of hydrogen-bond donors (Lipinski definition) is 1. The summed E-state index contributed by atoms with van der Waals surface area (Å²) in [6.45, 7) is 6.32. The number of rotatable bonds is 4. The summed E-state index contributed by atoms with van der Waals surface area (Å²) in [5.74, 6) is 0.411. The smallest absolute Gasteiger partial charge is 0.252 e. The molecule has 2 nitrogen and oxygen atoms in total. The molecule has 0 aliphatic heterocycles. The lowest BCUT2D eigenvalue weighted by Crippen LogP contribution is -2.38. The number of halogens is 2. The average molecular weight is 363 g/mol. The molecule has 0 aliphatic carbocycles. The zero-order chi connectivity index (χ0) is 13.0. The van der Waals surface area contributed by atoms with Gasteiger partial charge in [-0.25, -0.2) is 0 Å². The molecule has 94 valence electrons. The van der Waals surface area contributed by atoms with E-state index in [4.69, 9.17) is 0 Å². The maximum absolute atomic E-state index is 12.1. The second kappa shape index (κ2) is 6.55. The van der Waals surface area contributed by atoms with Crippen LogP contribution in [0.5, 0.6) is 0 Å². The van der Waals surface area contributed by atoms with Gasteiger partial charge in [-0.05, 0) is 46.5 Å². The van der Waals surface area contributed by atoms with Crippen LogP contribution in [0.25, 0.3) is 0 Å². The monoisotopic (exact) mass is 361 g/mol. The summed E-state index contributed by atoms with van der Waals surface area (Å²) in [6, 6.07) is 5.82. The lowest BCUT2D eigenvalue weighted by molar-refractivity contribution is 0.0924. The minimum absolute atomic E-state index is 0.0290. The zero-order valence-electron chi connectivity index (χ0n) is 10.3. The Hall–Kier alpha value is -0.350. The highest BCUT2D eigenvalue weighted by Gasteiger charge is 2.17. The van der Waals surface area contributed by atoms with Gasteiger partial charge in [0.1, 0.15) is 0 Å². The quantitative estimate of drug-likeness (QED) is 0.846. The summed E-state index contributed by atoms with van der Waals surface area (Å²) in [7, 11) is 0. The molecule has 0 bridgehead atoms. The van der Waals surface area contributed by atoms with Crippen LogP contribution in [0.2, 0.25) is 0 Å². The number of carbonyl (C=O) groups excluding carboxylic acids is 1. The number of carbonyl (C=O) groups is 1. The van der Waals surface area contributed by atoms with Crippen LogP contribution >= 0.6 is 31.9 Å². The van der Waals surface area contributed by atoms with Crippen molar-refractivity contribution in [2.24, 2.45) is 5.92 Å². The first-order valence-electron chi connectivity index (χ1n) is 5.71. The third kappa shape index (κ3) is 4.11. The average Bonchev–Trinajstić information content (AvgIpc) is 2.28. The zero-order valence-corrected chi connectivity index (χ0v) is 13.4. The van der Waals surface area contributed by atoms with Crippen molar-refractivity contribution in [1.29, 1.82) is 0 Å². The molecule has 1 aromatic carbocycles. The van der Waals surface area contributed by atoms with E-state index in [0.29, 0.717) is 11.5 Å². The number of hydrogen-bond acceptors (Lipinski definition) is 1. The minimum atomic E-state index is -0.0290. The highest BCUT2D eigenvalue weighted by molar-refractivity contribution is 9.11. The van der Waals surface area contributed by atoms with Crippen LogP contribution in [-0.4, -0.2) is 11.9 Å². The van der Waals surface area contributed by atoms with E-state index in [0.717, 1.165) is 15.4 Å². The summed E-state index contributed by atoms with van der Waals surface area (Å²) in [4.78, 5) is 12.1. The Labute approximate surface area is 119 Å². The topological polar surface area (TPSA) is 29.1 Å². The summed E-state index contributed by atoms with van der Waals surface area (Å²) in [6.07, 6.45) is 0.940. The van der Waals surface area contributed by atoms with Crippen LogP contribution in [0.1, 0.15) is 37.6 Å². The molecule has 0 aromatic heterocycles. The number of amides is 1. The molecule has 1 rings (SSSR count). The first-order valence-corrected chi connectivity index (χ1v) is 7.30. The lowest BCUT2D eigenvalue weighted by Gasteiger charge is -2.21. The summed E-state index contributed by atoms with van der Waals surface area (Å²) in [5, 5.41) is 3.06. The SMILES string of the molecule is CCC(NC(=O)c1cc(Br)ccc1Br)C(C)C. The first kappa shape index (κ1) is 14.7. The Morgan fingerprint density at radius 3 is 2.53 bits per heavy atom. The fourth-order valence-corrected chi connectivity index (χ4v) is 2.45. The molecule has 0 radical (unpaired) electrons. The van der Waals surface area contributed by atoms with Gasteiger partial charge >= 0.3 is 0 Å².